The fraction of sp³-hybridized carbons (Fsp3) is 0.500. The highest BCUT2D eigenvalue weighted by atomic mass is 32.1. The third-order valence-electron chi connectivity index (χ3n) is 3.30. The minimum atomic E-state index is -0.235. The molecule has 4 nitrogen and oxygen atoms in total. The number of thiophene rings is 1. The van der Waals surface area contributed by atoms with Gasteiger partial charge >= 0.3 is 0 Å². The number of imide groups is 1. The quantitative estimate of drug-likeness (QED) is 0.688. The van der Waals surface area contributed by atoms with Crippen LogP contribution in [0.15, 0.2) is 11.4 Å². The van der Waals surface area contributed by atoms with Crippen molar-refractivity contribution in [3.63, 3.8) is 0 Å². The number of hydrogen-bond acceptors (Lipinski definition) is 4. The molecule has 5 heteroatoms. The van der Waals surface area contributed by atoms with E-state index in [9.17, 15) is 9.59 Å². The average Bonchev–Trinajstić information content (AvgIpc) is 2.81. The predicted octanol–water partition coefficient (Wildman–Crippen LogP) is 2.16. The minimum absolute atomic E-state index is 0.0521. The summed E-state index contributed by atoms with van der Waals surface area (Å²) in [5.41, 5.74) is 0.627. The molecule has 0 aromatic carbocycles. The molecule has 2 amide bonds. The van der Waals surface area contributed by atoms with Crippen molar-refractivity contribution in [1.29, 1.82) is 0 Å². The van der Waals surface area contributed by atoms with E-state index >= 15 is 0 Å². The van der Waals surface area contributed by atoms with Crippen LogP contribution in [-0.4, -0.2) is 28.4 Å². The first-order chi connectivity index (χ1) is 9.91. The number of hydrogen-bond donors (Lipinski definition) is 1. The van der Waals surface area contributed by atoms with Crippen LogP contribution in [0.2, 0.25) is 0 Å². The first-order valence-corrected chi connectivity index (χ1v) is 7.79. The van der Waals surface area contributed by atoms with Gasteiger partial charge in [0.25, 0.3) is 0 Å². The lowest BCUT2D eigenvalue weighted by molar-refractivity contribution is -0.153. The van der Waals surface area contributed by atoms with Crippen molar-refractivity contribution in [3.05, 3.63) is 21.9 Å². The van der Waals surface area contributed by atoms with Crippen LogP contribution in [0.25, 0.3) is 0 Å². The number of likely N-dealkylation sites (tertiary alicyclic amines) is 1. The maximum Gasteiger partial charge on any atom is 0.230 e. The zero-order valence-electron chi connectivity index (χ0n) is 12.3. The number of carbonyl (C=O) groups excluding carboxylic acids is 2. The molecule has 0 atom stereocenters. The molecular formula is C16H19NO3S. The van der Waals surface area contributed by atoms with Gasteiger partial charge in [0, 0.05) is 35.1 Å². The van der Waals surface area contributed by atoms with Crippen LogP contribution in [-0.2, 0) is 16.1 Å². The van der Waals surface area contributed by atoms with Gasteiger partial charge in [0.2, 0.25) is 11.8 Å². The van der Waals surface area contributed by atoms with Crippen LogP contribution in [0.5, 0.6) is 0 Å². The first-order valence-electron chi connectivity index (χ1n) is 6.92. The van der Waals surface area contributed by atoms with E-state index in [0.717, 1.165) is 10.4 Å². The fourth-order valence-corrected chi connectivity index (χ4v) is 3.10. The van der Waals surface area contributed by atoms with Gasteiger partial charge < -0.3 is 5.11 Å². The topological polar surface area (TPSA) is 57.6 Å². The maximum absolute atomic E-state index is 12.1. The Bertz CT molecular complexity index is 587. The van der Waals surface area contributed by atoms with E-state index in [1.807, 2.05) is 25.3 Å². The van der Waals surface area contributed by atoms with Crippen LogP contribution in [0, 0.1) is 17.3 Å². The Morgan fingerprint density at radius 2 is 2.00 bits per heavy atom. The van der Waals surface area contributed by atoms with Gasteiger partial charge in [0.15, 0.2) is 0 Å². The molecule has 1 aromatic rings. The normalized spacial score (nSPS) is 17.6. The monoisotopic (exact) mass is 305 g/mol. The zero-order valence-corrected chi connectivity index (χ0v) is 13.1. The molecule has 0 aliphatic carbocycles. The first kappa shape index (κ1) is 15.7. The second-order valence-electron chi connectivity index (χ2n) is 5.97. The zero-order chi connectivity index (χ0) is 15.5. The van der Waals surface area contributed by atoms with Gasteiger partial charge in [-0.05, 0) is 11.5 Å². The number of rotatable bonds is 3. The third-order valence-corrected chi connectivity index (χ3v) is 4.22. The lowest BCUT2D eigenvalue weighted by Gasteiger charge is -2.34. The summed E-state index contributed by atoms with van der Waals surface area (Å²) in [6, 6.07) is 1.90. The Hall–Kier alpha value is -1.64. The largest absolute Gasteiger partial charge is 0.395 e. The van der Waals surface area contributed by atoms with E-state index in [4.69, 9.17) is 5.11 Å². The molecule has 1 aromatic heterocycles. The minimum Gasteiger partial charge on any atom is -0.395 e. The molecule has 0 spiro atoms. The van der Waals surface area contributed by atoms with Crippen molar-refractivity contribution in [2.24, 2.45) is 5.41 Å². The molecule has 1 saturated heterocycles. The molecule has 21 heavy (non-hydrogen) atoms. The van der Waals surface area contributed by atoms with Gasteiger partial charge in [-0.1, -0.05) is 25.7 Å². The molecule has 2 rings (SSSR count). The Morgan fingerprint density at radius 1 is 1.33 bits per heavy atom. The third kappa shape index (κ3) is 4.16. The van der Waals surface area contributed by atoms with Gasteiger partial charge in [-0.15, -0.1) is 11.3 Å². The highest BCUT2D eigenvalue weighted by molar-refractivity contribution is 7.10. The van der Waals surface area contributed by atoms with E-state index in [1.54, 1.807) is 0 Å². The number of amides is 2. The maximum atomic E-state index is 12.1. The van der Waals surface area contributed by atoms with Crippen LogP contribution < -0.4 is 0 Å². The SMILES string of the molecule is CC1(C)CC(=O)N(Cc2cc(C#CCCO)cs2)C(=O)C1. The van der Waals surface area contributed by atoms with Gasteiger partial charge in [0.05, 0.1) is 13.2 Å². The van der Waals surface area contributed by atoms with Crippen molar-refractivity contribution < 1.29 is 14.7 Å². The summed E-state index contributed by atoms with van der Waals surface area (Å²) < 4.78 is 0. The fourth-order valence-electron chi connectivity index (χ4n) is 2.29. The number of nitrogens with zero attached hydrogens (tertiary/aromatic N) is 1. The molecule has 0 saturated carbocycles. The summed E-state index contributed by atoms with van der Waals surface area (Å²) in [5.74, 6) is 5.61. The van der Waals surface area contributed by atoms with Crippen molar-refractivity contribution >= 4 is 23.2 Å². The molecular weight excluding hydrogens is 286 g/mol. The summed E-state index contributed by atoms with van der Waals surface area (Å²) in [4.78, 5) is 26.5. The van der Waals surface area contributed by atoms with Gasteiger partial charge in [-0.3, -0.25) is 14.5 Å². The smallest absolute Gasteiger partial charge is 0.230 e. The predicted molar refractivity (Wildman–Crippen MR) is 81.5 cm³/mol. The highest BCUT2D eigenvalue weighted by Gasteiger charge is 2.37. The van der Waals surface area contributed by atoms with E-state index in [1.165, 1.54) is 16.2 Å². The van der Waals surface area contributed by atoms with Crippen molar-refractivity contribution in [1.82, 2.24) is 4.90 Å². The summed E-state index contributed by atoms with van der Waals surface area (Å²) >= 11 is 1.49. The molecule has 0 radical (unpaired) electrons. The summed E-state index contributed by atoms with van der Waals surface area (Å²) in [6.45, 7) is 4.27. The Kier molecular flexibility index (Phi) is 4.81. The molecule has 1 fully saturated rings. The van der Waals surface area contributed by atoms with Gasteiger partial charge in [0.1, 0.15) is 0 Å². The molecule has 1 aliphatic rings. The number of piperidine rings is 1. The summed E-state index contributed by atoms with van der Waals surface area (Å²) in [5, 5.41) is 10.6. The van der Waals surface area contributed by atoms with E-state index in [2.05, 4.69) is 11.8 Å². The van der Waals surface area contributed by atoms with Crippen LogP contribution in [0.3, 0.4) is 0 Å². The molecule has 0 bridgehead atoms. The Labute approximate surface area is 128 Å². The second-order valence-corrected chi connectivity index (χ2v) is 6.96. The summed E-state index contributed by atoms with van der Waals surface area (Å²) in [7, 11) is 0. The van der Waals surface area contributed by atoms with Crippen molar-refractivity contribution in [3.8, 4) is 11.8 Å². The Balaban J connectivity index is 2.04. The van der Waals surface area contributed by atoms with Gasteiger partial charge in [-0.2, -0.15) is 0 Å². The van der Waals surface area contributed by atoms with Crippen LogP contribution in [0.4, 0.5) is 0 Å². The Morgan fingerprint density at radius 3 is 2.62 bits per heavy atom. The van der Waals surface area contributed by atoms with Crippen LogP contribution >= 0.6 is 11.3 Å². The van der Waals surface area contributed by atoms with Crippen molar-refractivity contribution in [2.75, 3.05) is 6.61 Å². The lowest BCUT2D eigenvalue weighted by Crippen LogP contribution is -2.45. The molecule has 112 valence electrons. The lowest BCUT2D eigenvalue weighted by atomic mass is 9.82. The number of aliphatic hydroxyl groups excluding tert-OH is 1. The molecule has 1 N–H and O–H groups in total. The van der Waals surface area contributed by atoms with Gasteiger partial charge in [-0.25, -0.2) is 0 Å². The average molecular weight is 305 g/mol. The number of aliphatic hydroxyl groups is 1. The standard InChI is InChI=1S/C16H19NO3S/c1-16(2)8-14(19)17(15(20)9-16)10-13-7-12(11-21-13)5-3-4-6-18/h7,11,18H,4,6,8-10H2,1-2H3. The van der Waals surface area contributed by atoms with E-state index in [-0.39, 0.29) is 23.8 Å². The van der Waals surface area contributed by atoms with Crippen LogP contribution in [0.1, 0.15) is 43.6 Å². The second kappa shape index (κ2) is 6.42. The molecule has 0 unspecified atom stereocenters. The van der Waals surface area contributed by atoms with E-state index < -0.39 is 0 Å². The van der Waals surface area contributed by atoms with Crippen molar-refractivity contribution in [2.45, 2.75) is 39.7 Å². The van der Waals surface area contributed by atoms with E-state index in [0.29, 0.717) is 25.8 Å². The summed E-state index contributed by atoms with van der Waals surface area (Å²) in [6.07, 6.45) is 1.27. The highest BCUT2D eigenvalue weighted by Crippen LogP contribution is 2.32. The molecule has 2 heterocycles. The number of carbonyl (C=O) groups is 2. The molecule has 1 aliphatic heterocycles.